The van der Waals surface area contributed by atoms with Gasteiger partial charge in [0.1, 0.15) is 17.7 Å². The fourth-order valence-corrected chi connectivity index (χ4v) is 3.77. The molecule has 0 spiro atoms. The molecule has 3 N–H and O–H groups in total. The first-order chi connectivity index (χ1) is 15.8. The van der Waals surface area contributed by atoms with Crippen LogP contribution in [0.4, 0.5) is 20.6 Å². The highest BCUT2D eigenvalue weighted by Gasteiger charge is 2.51. The minimum Gasteiger partial charge on any atom is -0.407 e. The Hall–Kier alpha value is -3.31. The van der Waals surface area contributed by atoms with Gasteiger partial charge in [0, 0.05) is 4.47 Å². The Morgan fingerprint density at radius 2 is 1.94 bits per heavy atom. The normalized spacial score (nSPS) is 13.7. The molecule has 1 aromatic carbocycles. The molecule has 9 nitrogen and oxygen atoms in total. The molecule has 33 heavy (non-hydrogen) atoms. The lowest BCUT2D eigenvalue weighted by Crippen LogP contribution is -2.49. The van der Waals surface area contributed by atoms with E-state index in [0.717, 1.165) is 0 Å². The van der Waals surface area contributed by atoms with E-state index in [1.54, 1.807) is 18.2 Å². The summed E-state index contributed by atoms with van der Waals surface area (Å²) in [5.74, 6) is -0.670. The van der Waals surface area contributed by atoms with Crippen LogP contribution in [0.25, 0.3) is 0 Å². The number of aromatic nitrogens is 3. The summed E-state index contributed by atoms with van der Waals surface area (Å²) < 4.78 is 19.7. The van der Waals surface area contributed by atoms with Crippen LogP contribution in [0.15, 0.2) is 53.7 Å². The molecule has 0 bridgehead atoms. The Morgan fingerprint density at radius 3 is 2.58 bits per heavy atom. The van der Waals surface area contributed by atoms with Crippen molar-refractivity contribution in [2.45, 2.75) is 24.9 Å². The van der Waals surface area contributed by atoms with Crippen molar-refractivity contribution in [2.24, 2.45) is 0 Å². The molecule has 170 valence electrons. The molecule has 1 aliphatic carbocycles. The first kappa shape index (κ1) is 22.9. The van der Waals surface area contributed by atoms with E-state index in [1.807, 2.05) is 0 Å². The zero-order chi connectivity index (χ0) is 23.4. The molecule has 3 aromatic rings. The van der Waals surface area contributed by atoms with Gasteiger partial charge in [-0.2, -0.15) is 0 Å². The van der Waals surface area contributed by atoms with Crippen molar-refractivity contribution >= 4 is 50.9 Å². The first-order valence-corrected chi connectivity index (χ1v) is 10.9. The van der Waals surface area contributed by atoms with Crippen LogP contribution < -0.4 is 20.7 Å². The lowest BCUT2D eigenvalue weighted by atomic mass is 10.2. The predicted octanol–water partition coefficient (Wildman–Crippen LogP) is 4.11. The molecular weight excluding hydrogens is 519 g/mol. The maximum Gasteiger partial charge on any atom is 0.413 e. The molecule has 1 aliphatic rings. The van der Waals surface area contributed by atoms with Gasteiger partial charge in [0.15, 0.2) is 5.75 Å². The second-order valence-electron chi connectivity index (χ2n) is 7.26. The van der Waals surface area contributed by atoms with Gasteiger partial charge in [0.2, 0.25) is 5.91 Å². The number of nitrogens with zero attached hydrogens (tertiary/aromatic N) is 3. The first-order valence-electron chi connectivity index (χ1n) is 9.74. The smallest absolute Gasteiger partial charge is 0.407 e. The number of rotatable bonds is 7. The number of carbonyl (C=O) groups excluding carboxylic acids is 2. The standard InChI is InChI=1S/C21H17BrClFN6O3/c22-12-5-16(23)18(17(24)6-12)29-14-2-1-13(27-8-14)7-28-19(31)21(3-4-21)30-20(32)33-15-9-25-11-26-10-15/h1-2,5-6,8-11,29H,3-4,7H2,(H,28,31)(H,30,32). The van der Waals surface area contributed by atoms with Crippen LogP contribution in [0.2, 0.25) is 5.02 Å². The number of carbonyl (C=O) groups is 2. The van der Waals surface area contributed by atoms with Gasteiger partial charge in [-0.15, -0.1) is 0 Å². The summed E-state index contributed by atoms with van der Waals surface area (Å²) in [7, 11) is 0. The molecule has 0 aliphatic heterocycles. The lowest BCUT2D eigenvalue weighted by Gasteiger charge is -2.17. The molecule has 0 atom stereocenters. The Kier molecular flexibility index (Phi) is 6.70. The van der Waals surface area contributed by atoms with E-state index in [-0.39, 0.29) is 28.9 Å². The van der Waals surface area contributed by atoms with Crippen LogP contribution in [-0.4, -0.2) is 32.5 Å². The monoisotopic (exact) mass is 534 g/mol. The Balaban J connectivity index is 1.30. The lowest BCUT2D eigenvalue weighted by molar-refractivity contribution is -0.124. The van der Waals surface area contributed by atoms with Crippen molar-refractivity contribution in [2.75, 3.05) is 5.32 Å². The van der Waals surface area contributed by atoms with Gasteiger partial charge in [-0.3, -0.25) is 9.78 Å². The molecule has 4 rings (SSSR count). The Morgan fingerprint density at radius 1 is 1.18 bits per heavy atom. The van der Waals surface area contributed by atoms with Crippen LogP contribution in [0.5, 0.6) is 5.75 Å². The SMILES string of the molecule is O=C(NC1(C(=O)NCc2ccc(Nc3c(F)cc(Br)cc3Cl)cn2)CC1)Oc1cncnc1. The molecule has 1 saturated carbocycles. The molecule has 2 heterocycles. The summed E-state index contributed by atoms with van der Waals surface area (Å²) in [4.78, 5) is 36.4. The Bertz CT molecular complexity index is 1160. The number of anilines is 2. The second-order valence-corrected chi connectivity index (χ2v) is 8.58. The molecule has 0 saturated heterocycles. The molecule has 0 unspecified atom stereocenters. The van der Waals surface area contributed by atoms with Crippen LogP contribution >= 0.6 is 27.5 Å². The topological polar surface area (TPSA) is 118 Å². The molecular formula is C21H17BrClFN6O3. The van der Waals surface area contributed by atoms with Crippen molar-refractivity contribution in [3.8, 4) is 5.75 Å². The predicted molar refractivity (Wildman–Crippen MR) is 122 cm³/mol. The number of benzene rings is 1. The van der Waals surface area contributed by atoms with Crippen molar-refractivity contribution < 1.29 is 18.7 Å². The van der Waals surface area contributed by atoms with Gasteiger partial charge in [-0.1, -0.05) is 27.5 Å². The van der Waals surface area contributed by atoms with E-state index < -0.39 is 17.4 Å². The fourth-order valence-electron chi connectivity index (χ4n) is 2.95. The van der Waals surface area contributed by atoms with Gasteiger partial charge in [-0.25, -0.2) is 19.2 Å². The quantitative estimate of drug-likeness (QED) is 0.417. The minimum absolute atomic E-state index is 0.137. The third-order valence-electron chi connectivity index (χ3n) is 4.80. The van der Waals surface area contributed by atoms with Gasteiger partial charge in [0.05, 0.1) is 47.2 Å². The summed E-state index contributed by atoms with van der Waals surface area (Å²) in [5, 5.41) is 8.46. The average molecular weight is 536 g/mol. The summed E-state index contributed by atoms with van der Waals surface area (Å²) in [6.07, 6.45) is 5.73. The maximum absolute atomic E-state index is 14.1. The highest BCUT2D eigenvalue weighted by Crippen LogP contribution is 2.36. The van der Waals surface area contributed by atoms with E-state index in [1.165, 1.54) is 31.0 Å². The number of nitrogens with one attached hydrogen (secondary N) is 3. The van der Waals surface area contributed by atoms with Crippen LogP contribution in [-0.2, 0) is 11.3 Å². The highest BCUT2D eigenvalue weighted by atomic mass is 79.9. The molecule has 2 amide bonds. The third-order valence-corrected chi connectivity index (χ3v) is 5.56. The van der Waals surface area contributed by atoms with E-state index in [0.29, 0.717) is 28.7 Å². The molecule has 0 radical (unpaired) electrons. The average Bonchev–Trinajstić information content (AvgIpc) is 3.56. The summed E-state index contributed by atoms with van der Waals surface area (Å²) >= 11 is 9.27. The van der Waals surface area contributed by atoms with Gasteiger partial charge >= 0.3 is 6.09 Å². The van der Waals surface area contributed by atoms with E-state index in [9.17, 15) is 14.0 Å². The van der Waals surface area contributed by atoms with Crippen molar-refractivity contribution in [1.29, 1.82) is 0 Å². The summed E-state index contributed by atoms with van der Waals surface area (Å²) in [5.41, 5.74) is 0.236. The zero-order valence-corrected chi connectivity index (χ0v) is 19.3. The number of halogens is 3. The van der Waals surface area contributed by atoms with E-state index >= 15 is 0 Å². The maximum atomic E-state index is 14.1. The fraction of sp³-hybridized carbons (Fsp3) is 0.190. The van der Waals surface area contributed by atoms with Gasteiger partial charge < -0.3 is 20.7 Å². The van der Waals surface area contributed by atoms with Crippen LogP contribution in [0, 0.1) is 5.82 Å². The molecule has 2 aromatic heterocycles. The number of hydrogen-bond donors (Lipinski definition) is 3. The molecule has 1 fully saturated rings. The zero-order valence-electron chi connectivity index (χ0n) is 16.9. The van der Waals surface area contributed by atoms with Crippen molar-refractivity contribution in [3.63, 3.8) is 0 Å². The summed E-state index contributed by atoms with van der Waals surface area (Å²) in [6, 6.07) is 6.26. The van der Waals surface area contributed by atoms with Gasteiger partial charge in [0.25, 0.3) is 0 Å². The van der Waals surface area contributed by atoms with E-state index in [2.05, 4.69) is 46.8 Å². The summed E-state index contributed by atoms with van der Waals surface area (Å²) in [6.45, 7) is 0.150. The van der Waals surface area contributed by atoms with Crippen molar-refractivity contribution in [3.05, 3.63) is 70.2 Å². The van der Waals surface area contributed by atoms with Crippen LogP contribution in [0.1, 0.15) is 18.5 Å². The van der Waals surface area contributed by atoms with Gasteiger partial charge in [-0.05, 0) is 37.1 Å². The minimum atomic E-state index is -1.01. The number of hydrogen-bond acceptors (Lipinski definition) is 7. The van der Waals surface area contributed by atoms with Crippen molar-refractivity contribution in [1.82, 2.24) is 25.6 Å². The van der Waals surface area contributed by atoms with E-state index in [4.69, 9.17) is 16.3 Å². The number of amides is 2. The number of pyridine rings is 1. The second kappa shape index (κ2) is 9.67. The van der Waals surface area contributed by atoms with Crippen LogP contribution in [0.3, 0.4) is 0 Å². The highest BCUT2D eigenvalue weighted by molar-refractivity contribution is 9.10. The largest absolute Gasteiger partial charge is 0.413 e. The third kappa shape index (κ3) is 5.74. The molecule has 12 heteroatoms. The Labute approximate surface area is 201 Å². The number of ether oxygens (including phenoxy) is 1.